The zero-order valence-electron chi connectivity index (χ0n) is 9.16. The Balaban J connectivity index is 2.41. The molecule has 3 aliphatic carbocycles. The Labute approximate surface area is 98.5 Å². The smallest absolute Gasteiger partial charge is 0.335 e. The van der Waals surface area contributed by atoms with Crippen LogP contribution in [0.15, 0.2) is 22.2 Å². The summed E-state index contributed by atoms with van der Waals surface area (Å²) < 4.78 is 5.73. The van der Waals surface area contributed by atoms with Crippen molar-refractivity contribution in [2.24, 2.45) is 23.7 Å². The van der Waals surface area contributed by atoms with Crippen LogP contribution in [0.1, 0.15) is 13.8 Å². The molecule has 0 aromatic carbocycles. The second-order valence-corrected chi connectivity index (χ2v) is 5.29. The van der Waals surface area contributed by atoms with Crippen LogP contribution in [0.3, 0.4) is 0 Å². The number of methoxy groups -OCH3 is 1. The summed E-state index contributed by atoms with van der Waals surface area (Å²) in [6, 6.07) is 0. The lowest BCUT2D eigenvalue weighted by Gasteiger charge is -2.47. The van der Waals surface area contributed by atoms with Gasteiger partial charge in [-0.15, -0.1) is 0 Å². The molecule has 0 amide bonds. The van der Waals surface area contributed by atoms with Gasteiger partial charge >= 0.3 is 5.97 Å². The molecule has 3 rings (SSSR count). The van der Waals surface area contributed by atoms with Gasteiger partial charge in [0.05, 0.1) is 12.7 Å². The molecule has 0 aromatic heterocycles. The highest BCUT2D eigenvalue weighted by Crippen LogP contribution is 2.53. The Bertz CT molecular complexity index is 347. The Hall–Kier alpha value is -0.570. The highest BCUT2D eigenvalue weighted by Gasteiger charge is 2.49. The van der Waals surface area contributed by atoms with Crippen LogP contribution in [0.2, 0.25) is 0 Å². The molecule has 3 heteroatoms. The fourth-order valence-electron chi connectivity index (χ4n) is 2.96. The van der Waals surface area contributed by atoms with E-state index in [2.05, 4.69) is 35.9 Å². The van der Waals surface area contributed by atoms with Crippen LogP contribution < -0.4 is 0 Å². The summed E-state index contributed by atoms with van der Waals surface area (Å²) >= 11 is 3.46. The van der Waals surface area contributed by atoms with Gasteiger partial charge in [0.2, 0.25) is 0 Å². The molecule has 0 saturated heterocycles. The quantitative estimate of drug-likeness (QED) is 0.685. The van der Waals surface area contributed by atoms with Gasteiger partial charge in [-0.05, 0) is 23.7 Å². The molecule has 2 nitrogen and oxygen atoms in total. The Morgan fingerprint density at radius 3 is 2.53 bits per heavy atom. The largest absolute Gasteiger partial charge is 0.466 e. The molecule has 3 aliphatic rings. The first-order chi connectivity index (χ1) is 7.07. The second-order valence-electron chi connectivity index (χ2n) is 4.43. The van der Waals surface area contributed by atoms with Crippen LogP contribution in [-0.4, -0.2) is 13.1 Å². The van der Waals surface area contributed by atoms with E-state index in [9.17, 15) is 4.79 Å². The zero-order valence-corrected chi connectivity index (χ0v) is 10.7. The minimum Gasteiger partial charge on any atom is -0.466 e. The van der Waals surface area contributed by atoms with Gasteiger partial charge in [0.15, 0.2) is 0 Å². The second kappa shape index (κ2) is 3.78. The number of allylic oxidation sites excluding steroid dienone is 3. The van der Waals surface area contributed by atoms with E-state index in [-0.39, 0.29) is 5.97 Å². The summed E-state index contributed by atoms with van der Waals surface area (Å²) in [6.45, 7) is 4.41. The van der Waals surface area contributed by atoms with Crippen molar-refractivity contribution in [2.75, 3.05) is 7.11 Å². The third-order valence-corrected chi connectivity index (χ3v) is 4.50. The molecule has 2 unspecified atom stereocenters. The molecule has 0 radical (unpaired) electrons. The van der Waals surface area contributed by atoms with Crippen molar-refractivity contribution in [1.29, 1.82) is 0 Å². The van der Waals surface area contributed by atoms with Gasteiger partial charge in [0.1, 0.15) is 0 Å². The predicted octanol–water partition coefficient (Wildman–Crippen LogP) is 2.90. The normalized spacial score (nSPS) is 38.4. The number of hydrogen-bond acceptors (Lipinski definition) is 2. The van der Waals surface area contributed by atoms with Gasteiger partial charge in [-0.25, -0.2) is 4.79 Å². The van der Waals surface area contributed by atoms with Gasteiger partial charge in [-0.2, -0.15) is 0 Å². The number of halogens is 1. The standard InChI is InChI=1S/C12H15BrO2/c1-6-8-4-5-9(13)11(12(14)15-3)10(6)7(8)2/h4-8,10H,1-3H3. The zero-order chi connectivity index (χ0) is 11.2. The molecule has 0 heterocycles. The van der Waals surface area contributed by atoms with Crippen molar-refractivity contribution in [1.82, 2.24) is 0 Å². The highest BCUT2D eigenvalue weighted by molar-refractivity contribution is 9.11. The number of hydrogen-bond donors (Lipinski definition) is 0. The van der Waals surface area contributed by atoms with E-state index in [4.69, 9.17) is 4.74 Å². The van der Waals surface area contributed by atoms with Gasteiger partial charge in [-0.1, -0.05) is 41.9 Å². The minimum absolute atomic E-state index is 0.199. The van der Waals surface area contributed by atoms with E-state index in [1.807, 2.05) is 6.08 Å². The number of rotatable bonds is 1. The first kappa shape index (κ1) is 10.9. The van der Waals surface area contributed by atoms with Crippen molar-refractivity contribution in [2.45, 2.75) is 13.8 Å². The first-order valence-corrected chi connectivity index (χ1v) is 6.03. The first-order valence-electron chi connectivity index (χ1n) is 5.24. The van der Waals surface area contributed by atoms with Crippen LogP contribution in [0, 0.1) is 23.7 Å². The molecule has 1 saturated carbocycles. The van der Waals surface area contributed by atoms with Crippen LogP contribution in [0.4, 0.5) is 0 Å². The number of fused-ring (bicyclic) bond motifs is 1. The van der Waals surface area contributed by atoms with E-state index >= 15 is 0 Å². The average molecular weight is 271 g/mol. The molecule has 0 N–H and O–H groups in total. The lowest BCUT2D eigenvalue weighted by molar-refractivity contribution is -0.138. The fraction of sp³-hybridized carbons (Fsp3) is 0.583. The van der Waals surface area contributed by atoms with E-state index in [1.54, 1.807) is 0 Å². The number of esters is 1. The lowest BCUT2D eigenvalue weighted by Crippen LogP contribution is -2.44. The maximum atomic E-state index is 11.7. The molecular weight excluding hydrogens is 256 g/mol. The van der Waals surface area contributed by atoms with Crippen LogP contribution in [0.5, 0.6) is 0 Å². The predicted molar refractivity (Wildman–Crippen MR) is 62.4 cm³/mol. The topological polar surface area (TPSA) is 26.3 Å². The Morgan fingerprint density at radius 1 is 1.40 bits per heavy atom. The van der Waals surface area contributed by atoms with Gasteiger partial charge in [0.25, 0.3) is 0 Å². The van der Waals surface area contributed by atoms with E-state index < -0.39 is 0 Å². The summed E-state index contributed by atoms with van der Waals surface area (Å²) in [6.07, 6.45) is 4.20. The molecule has 0 spiro atoms. The van der Waals surface area contributed by atoms with Crippen LogP contribution in [-0.2, 0) is 9.53 Å². The number of ether oxygens (including phenoxy) is 1. The summed E-state index contributed by atoms with van der Waals surface area (Å²) in [5, 5.41) is 0. The Kier molecular flexibility index (Phi) is 2.75. The summed E-state index contributed by atoms with van der Waals surface area (Å²) in [7, 11) is 1.44. The van der Waals surface area contributed by atoms with Crippen molar-refractivity contribution >= 4 is 21.9 Å². The number of carbonyl (C=O) groups is 1. The molecule has 1 fully saturated rings. The molecule has 15 heavy (non-hydrogen) atoms. The number of carbonyl (C=O) groups excluding carboxylic acids is 1. The molecule has 2 bridgehead atoms. The average Bonchev–Trinajstić information content (AvgIpc) is 2.44. The van der Waals surface area contributed by atoms with Crippen LogP contribution >= 0.6 is 15.9 Å². The maximum absolute atomic E-state index is 11.7. The molecule has 0 aromatic rings. The highest BCUT2D eigenvalue weighted by atomic mass is 79.9. The lowest BCUT2D eigenvalue weighted by atomic mass is 9.56. The molecule has 82 valence electrons. The van der Waals surface area contributed by atoms with E-state index in [0.29, 0.717) is 23.7 Å². The van der Waals surface area contributed by atoms with Crippen LogP contribution in [0.25, 0.3) is 0 Å². The monoisotopic (exact) mass is 270 g/mol. The molecule has 0 aliphatic heterocycles. The minimum atomic E-state index is -0.199. The van der Waals surface area contributed by atoms with Crippen molar-refractivity contribution in [3.8, 4) is 0 Å². The third kappa shape index (κ3) is 1.48. The van der Waals surface area contributed by atoms with Crippen molar-refractivity contribution < 1.29 is 9.53 Å². The van der Waals surface area contributed by atoms with Crippen molar-refractivity contribution in [3.63, 3.8) is 0 Å². The van der Waals surface area contributed by atoms with Gasteiger partial charge < -0.3 is 4.74 Å². The third-order valence-electron chi connectivity index (χ3n) is 3.81. The van der Waals surface area contributed by atoms with Gasteiger partial charge in [-0.3, -0.25) is 0 Å². The van der Waals surface area contributed by atoms with Gasteiger partial charge in [0, 0.05) is 4.48 Å². The van der Waals surface area contributed by atoms with Crippen molar-refractivity contribution in [3.05, 3.63) is 22.2 Å². The molecule has 2 atom stereocenters. The summed E-state index contributed by atoms with van der Waals surface area (Å²) in [4.78, 5) is 11.7. The SMILES string of the molecule is COC(=O)C1=C(Br)C=CC2C(C)C1C2C. The Morgan fingerprint density at radius 2 is 2.00 bits per heavy atom. The fourth-order valence-corrected chi connectivity index (χ4v) is 3.53. The molecular formula is C12H15BrO2. The van der Waals surface area contributed by atoms with E-state index in [0.717, 1.165) is 10.1 Å². The summed E-state index contributed by atoms with van der Waals surface area (Å²) in [5.41, 5.74) is 0.808. The van der Waals surface area contributed by atoms with E-state index in [1.165, 1.54) is 7.11 Å². The maximum Gasteiger partial charge on any atom is 0.335 e. The summed E-state index contributed by atoms with van der Waals surface area (Å²) in [5.74, 6) is 1.83.